The minimum absolute atomic E-state index is 0.00693. The van der Waals surface area contributed by atoms with Gasteiger partial charge in [-0.05, 0) is 48.5 Å². The van der Waals surface area contributed by atoms with Gasteiger partial charge < -0.3 is 14.8 Å². The molecule has 0 spiro atoms. The number of rotatable bonds is 8. The number of methoxy groups -OCH3 is 2. The van der Waals surface area contributed by atoms with Crippen molar-refractivity contribution >= 4 is 44.9 Å². The fourth-order valence-corrected chi connectivity index (χ4v) is 4.66. The van der Waals surface area contributed by atoms with Crippen molar-refractivity contribution in [1.29, 1.82) is 0 Å². The van der Waals surface area contributed by atoms with Crippen molar-refractivity contribution in [3.8, 4) is 5.75 Å². The molecular formula is C23H21ClN2O6S. The third-order valence-electron chi connectivity index (χ3n) is 4.60. The molecule has 0 heterocycles. The third-order valence-corrected chi connectivity index (χ3v) is 6.60. The van der Waals surface area contributed by atoms with Gasteiger partial charge in [-0.3, -0.25) is 9.10 Å². The molecule has 0 aliphatic rings. The smallest absolute Gasteiger partial charge is 0.337 e. The zero-order valence-electron chi connectivity index (χ0n) is 17.8. The molecule has 0 saturated heterocycles. The summed E-state index contributed by atoms with van der Waals surface area (Å²) in [6, 6.07) is 18.3. The number of carbonyl (C=O) groups is 2. The maximum atomic E-state index is 13.5. The molecule has 0 fully saturated rings. The Labute approximate surface area is 196 Å². The van der Waals surface area contributed by atoms with E-state index in [9.17, 15) is 18.0 Å². The first-order valence-corrected chi connectivity index (χ1v) is 11.5. The monoisotopic (exact) mass is 488 g/mol. The summed E-state index contributed by atoms with van der Waals surface area (Å²) in [6.07, 6.45) is 0. The Morgan fingerprint density at radius 2 is 1.70 bits per heavy atom. The van der Waals surface area contributed by atoms with Gasteiger partial charge >= 0.3 is 5.97 Å². The van der Waals surface area contributed by atoms with Gasteiger partial charge in [-0.1, -0.05) is 35.9 Å². The van der Waals surface area contributed by atoms with Crippen LogP contribution in [0, 0.1) is 0 Å². The summed E-state index contributed by atoms with van der Waals surface area (Å²) in [6.45, 7) is -0.573. The highest BCUT2D eigenvalue weighted by atomic mass is 35.5. The second-order valence-electron chi connectivity index (χ2n) is 6.76. The predicted octanol–water partition coefficient (Wildman–Crippen LogP) is 3.97. The standard InChI is InChI=1S/C23H21ClN2O6S/c1-31-21-12-11-17(24)14-20(21)26(33(29,30)19-9-4-3-5-10-19)15-22(27)25-18-8-6-7-16(13-18)23(28)32-2/h3-14H,15H2,1-2H3,(H,25,27). The van der Waals surface area contributed by atoms with Gasteiger partial charge in [0.2, 0.25) is 5.91 Å². The Balaban J connectivity index is 1.98. The van der Waals surface area contributed by atoms with Crippen molar-refractivity contribution in [2.45, 2.75) is 4.90 Å². The molecule has 0 aliphatic heterocycles. The quantitative estimate of drug-likeness (QED) is 0.481. The predicted molar refractivity (Wildman–Crippen MR) is 125 cm³/mol. The Bertz CT molecular complexity index is 1260. The van der Waals surface area contributed by atoms with Gasteiger partial charge in [0.15, 0.2) is 0 Å². The van der Waals surface area contributed by atoms with E-state index in [1.807, 2.05) is 0 Å². The number of amides is 1. The summed E-state index contributed by atoms with van der Waals surface area (Å²) in [5.74, 6) is -0.985. The number of hydrogen-bond donors (Lipinski definition) is 1. The minimum atomic E-state index is -4.16. The molecule has 0 bridgehead atoms. The molecule has 33 heavy (non-hydrogen) atoms. The van der Waals surface area contributed by atoms with Crippen LogP contribution in [0.3, 0.4) is 0 Å². The molecule has 1 N–H and O–H groups in total. The van der Waals surface area contributed by atoms with Crippen LogP contribution in [0.2, 0.25) is 5.02 Å². The Morgan fingerprint density at radius 1 is 0.970 bits per heavy atom. The van der Waals surface area contributed by atoms with E-state index in [4.69, 9.17) is 16.3 Å². The lowest BCUT2D eigenvalue weighted by atomic mass is 10.2. The molecule has 3 aromatic rings. The van der Waals surface area contributed by atoms with Crippen LogP contribution in [0.15, 0.2) is 77.7 Å². The Hall–Kier alpha value is -3.56. The van der Waals surface area contributed by atoms with Gasteiger partial charge in [-0.2, -0.15) is 0 Å². The zero-order chi connectivity index (χ0) is 24.0. The number of esters is 1. The molecule has 0 unspecified atom stereocenters. The molecule has 0 aliphatic carbocycles. The maximum Gasteiger partial charge on any atom is 0.337 e. The number of benzene rings is 3. The molecule has 0 aromatic heterocycles. The van der Waals surface area contributed by atoms with Gasteiger partial charge in [0, 0.05) is 10.7 Å². The van der Waals surface area contributed by atoms with Crippen molar-refractivity contribution in [3.05, 3.63) is 83.4 Å². The summed E-state index contributed by atoms with van der Waals surface area (Å²) in [5, 5.41) is 2.88. The van der Waals surface area contributed by atoms with E-state index in [1.165, 1.54) is 50.6 Å². The van der Waals surface area contributed by atoms with Gasteiger partial charge in [0.1, 0.15) is 12.3 Å². The van der Waals surface area contributed by atoms with Crippen molar-refractivity contribution in [3.63, 3.8) is 0 Å². The second kappa shape index (κ2) is 10.4. The Kier molecular flexibility index (Phi) is 7.57. The lowest BCUT2D eigenvalue weighted by Gasteiger charge is -2.26. The first-order chi connectivity index (χ1) is 15.8. The largest absolute Gasteiger partial charge is 0.495 e. The second-order valence-corrected chi connectivity index (χ2v) is 9.06. The molecule has 0 saturated carbocycles. The molecule has 172 valence electrons. The highest BCUT2D eigenvalue weighted by molar-refractivity contribution is 7.92. The van der Waals surface area contributed by atoms with Crippen molar-refractivity contribution in [2.75, 3.05) is 30.4 Å². The number of carbonyl (C=O) groups excluding carboxylic acids is 2. The average Bonchev–Trinajstić information content (AvgIpc) is 2.82. The molecular weight excluding hydrogens is 468 g/mol. The normalized spacial score (nSPS) is 10.9. The van der Waals surface area contributed by atoms with Crippen LogP contribution in [0.1, 0.15) is 10.4 Å². The molecule has 8 nitrogen and oxygen atoms in total. The SMILES string of the molecule is COC(=O)c1cccc(NC(=O)CN(c2cc(Cl)ccc2OC)S(=O)(=O)c2ccccc2)c1. The van der Waals surface area contributed by atoms with Gasteiger partial charge in [-0.15, -0.1) is 0 Å². The molecule has 0 radical (unpaired) electrons. The van der Waals surface area contributed by atoms with Crippen LogP contribution in [-0.2, 0) is 19.6 Å². The van der Waals surface area contributed by atoms with E-state index >= 15 is 0 Å². The number of nitrogens with one attached hydrogen (secondary N) is 1. The fourth-order valence-electron chi connectivity index (χ4n) is 3.05. The maximum absolute atomic E-state index is 13.5. The third kappa shape index (κ3) is 5.63. The van der Waals surface area contributed by atoms with Crippen LogP contribution in [0.25, 0.3) is 0 Å². The number of sulfonamides is 1. The summed E-state index contributed by atoms with van der Waals surface area (Å²) >= 11 is 6.12. The summed E-state index contributed by atoms with van der Waals surface area (Å²) in [7, 11) is -1.52. The lowest BCUT2D eigenvalue weighted by Crippen LogP contribution is -2.38. The van der Waals surface area contributed by atoms with Crippen molar-refractivity contribution in [2.24, 2.45) is 0 Å². The van der Waals surface area contributed by atoms with Gasteiger partial charge in [0.25, 0.3) is 10.0 Å². The van der Waals surface area contributed by atoms with Crippen molar-refractivity contribution < 1.29 is 27.5 Å². The lowest BCUT2D eigenvalue weighted by molar-refractivity contribution is -0.114. The zero-order valence-corrected chi connectivity index (χ0v) is 19.4. The van der Waals surface area contributed by atoms with Crippen LogP contribution in [-0.4, -0.2) is 41.1 Å². The number of anilines is 2. The molecule has 0 atom stereocenters. The van der Waals surface area contributed by atoms with Gasteiger partial charge in [-0.25, -0.2) is 13.2 Å². The van der Waals surface area contributed by atoms with Crippen LogP contribution >= 0.6 is 11.6 Å². The minimum Gasteiger partial charge on any atom is -0.495 e. The molecule has 10 heteroatoms. The summed E-state index contributed by atoms with van der Waals surface area (Å²) in [4.78, 5) is 24.7. The van der Waals surface area contributed by atoms with Crippen LogP contribution in [0.5, 0.6) is 5.75 Å². The molecule has 1 amide bonds. The molecule has 3 aromatic carbocycles. The van der Waals surface area contributed by atoms with Crippen LogP contribution < -0.4 is 14.4 Å². The van der Waals surface area contributed by atoms with Gasteiger partial charge in [0.05, 0.1) is 30.4 Å². The van der Waals surface area contributed by atoms with E-state index < -0.39 is 28.4 Å². The fraction of sp³-hybridized carbons (Fsp3) is 0.130. The highest BCUT2D eigenvalue weighted by Gasteiger charge is 2.29. The van der Waals surface area contributed by atoms with E-state index in [0.29, 0.717) is 5.69 Å². The molecule has 3 rings (SSSR count). The highest BCUT2D eigenvalue weighted by Crippen LogP contribution is 2.34. The van der Waals surface area contributed by atoms with E-state index in [2.05, 4.69) is 10.1 Å². The van der Waals surface area contributed by atoms with E-state index in [0.717, 1.165) is 4.31 Å². The van der Waals surface area contributed by atoms with E-state index in [-0.39, 0.29) is 26.9 Å². The number of hydrogen-bond acceptors (Lipinski definition) is 6. The van der Waals surface area contributed by atoms with Crippen LogP contribution in [0.4, 0.5) is 11.4 Å². The van der Waals surface area contributed by atoms with Crippen molar-refractivity contribution in [1.82, 2.24) is 0 Å². The number of ether oxygens (including phenoxy) is 2. The average molecular weight is 489 g/mol. The first kappa shape index (κ1) is 24.1. The summed E-state index contributed by atoms with van der Waals surface area (Å²) in [5.41, 5.74) is 0.644. The number of nitrogens with zero attached hydrogens (tertiary/aromatic N) is 1. The van der Waals surface area contributed by atoms with E-state index in [1.54, 1.807) is 36.4 Å². The Morgan fingerprint density at radius 3 is 2.36 bits per heavy atom. The summed E-state index contributed by atoms with van der Waals surface area (Å²) < 4.78 is 37.9. The number of halogens is 1. The first-order valence-electron chi connectivity index (χ1n) is 9.66. The topological polar surface area (TPSA) is 102 Å².